The van der Waals surface area contributed by atoms with Crippen molar-refractivity contribution in [2.75, 3.05) is 19.7 Å². The molecule has 0 amide bonds. The van der Waals surface area contributed by atoms with E-state index in [4.69, 9.17) is 4.74 Å². The van der Waals surface area contributed by atoms with Crippen molar-refractivity contribution in [3.63, 3.8) is 0 Å². The fourth-order valence-electron chi connectivity index (χ4n) is 2.41. The lowest BCUT2D eigenvalue weighted by Gasteiger charge is -2.23. The van der Waals surface area contributed by atoms with Gasteiger partial charge >= 0.3 is 0 Å². The van der Waals surface area contributed by atoms with Gasteiger partial charge < -0.3 is 15.2 Å². The Morgan fingerprint density at radius 3 is 3.06 bits per heavy atom. The van der Waals surface area contributed by atoms with E-state index in [0.717, 1.165) is 25.1 Å². The van der Waals surface area contributed by atoms with Crippen molar-refractivity contribution in [2.45, 2.75) is 26.2 Å². The third kappa shape index (κ3) is 3.13. The van der Waals surface area contributed by atoms with Gasteiger partial charge in [-0.2, -0.15) is 0 Å². The third-order valence-corrected chi connectivity index (χ3v) is 3.29. The number of hydrogen-bond acceptors (Lipinski definition) is 3. The number of piperidine rings is 1. The quantitative estimate of drug-likeness (QED) is 0.841. The zero-order valence-corrected chi connectivity index (χ0v) is 10.4. The first-order valence-corrected chi connectivity index (χ1v) is 6.45. The monoisotopic (exact) mass is 235 g/mol. The molecule has 1 aromatic rings. The molecule has 1 unspecified atom stereocenters. The topological polar surface area (TPSA) is 41.5 Å². The fraction of sp³-hybridized carbons (Fsp3) is 0.571. The van der Waals surface area contributed by atoms with Crippen LogP contribution in [0.2, 0.25) is 0 Å². The van der Waals surface area contributed by atoms with Crippen LogP contribution in [0, 0.1) is 5.92 Å². The van der Waals surface area contributed by atoms with Gasteiger partial charge in [0.15, 0.2) is 11.5 Å². The molecule has 2 rings (SSSR count). The summed E-state index contributed by atoms with van der Waals surface area (Å²) >= 11 is 0. The molecule has 1 saturated heterocycles. The number of hydrogen-bond donors (Lipinski definition) is 2. The van der Waals surface area contributed by atoms with E-state index in [1.807, 2.05) is 25.1 Å². The summed E-state index contributed by atoms with van der Waals surface area (Å²) < 4.78 is 5.40. The second-order valence-electron chi connectivity index (χ2n) is 4.61. The number of benzene rings is 1. The Hall–Kier alpha value is -1.22. The number of aromatic hydroxyl groups is 1. The number of rotatable bonds is 4. The molecule has 1 atom stereocenters. The fourth-order valence-corrected chi connectivity index (χ4v) is 2.41. The van der Waals surface area contributed by atoms with Crippen LogP contribution in [0.1, 0.15) is 25.3 Å². The summed E-state index contributed by atoms with van der Waals surface area (Å²) in [4.78, 5) is 0. The molecule has 2 N–H and O–H groups in total. The predicted octanol–water partition coefficient (Wildman–Crippen LogP) is 2.33. The van der Waals surface area contributed by atoms with Crippen molar-refractivity contribution >= 4 is 0 Å². The van der Waals surface area contributed by atoms with E-state index < -0.39 is 0 Å². The number of phenolic OH excluding ortho intramolecular Hbond substituents is 1. The molecule has 0 aliphatic carbocycles. The molecular weight excluding hydrogens is 214 g/mol. The molecule has 1 aliphatic heterocycles. The SMILES string of the molecule is CCOc1cccc(CC2CCCNC2)c1O. The lowest BCUT2D eigenvalue weighted by molar-refractivity contribution is 0.313. The Balaban J connectivity index is 2.06. The van der Waals surface area contributed by atoms with Crippen LogP contribution in [-0.2, 0) is 6.42 Å². The van der Waals surface area contributed by atoms with Gasteiger partial charge in [0.2, 0.25) is 0 Å². The number of para-hydroxylation sites is 1. The number of nitrogens with one attached hydrogen (secondary N) is 1. The summed E-state index contributed by atoms with van der Waals surface area (Å²) in [5.74, 6) is 1.56. The highest BCUT2D eigenvalue weighted by Crippen LogP contribution is 2.32. The molecule has 1 aliphatic rings. The molecule has 0 spiro atoms. The average molecular weight is 235 g/mol. The van der Waals surface area contributed by atoms with Crippen LogP contribution in [0.4, 0.5) is 0 Å². The Labute approximate surface area is 103 Å². The second-order valence-corrected chi connectivity index (χ2v) is 4.61. The summed E-state index contributed by atoms with van der Waals surface area (Å²) in [7, 11) is 0. The van der Waals surface area contributed by atoms with Crippen molar-refractivity contribution in [3.05, 3.63) is 23.8 Å². The Bertz CT molecular complexity index is 359. The van der Waals surface area contributed by atoms with Gasteiger partial charge in [-0.25, -0.2) is 0 Å². The predicted molar refractivity (Wildman–Crippen MR) is 68.6 cm³/mol. The number of phenols is 1. The summed E-state index contributed by atoms with van der Waals surface area (Å²) in [5, 5.41) is 13.5. The molecule has 1 heterocycles. The standard InChI is InChI=1S/C14H21NO2/c1-2-17-13-7-3-6-12(14(13)16)9-11-5-4-8-15-10-11/h3,6-7,11,15-16H,2,4-5,8-10H2,1H3. The minimum Gasteiger partial charge on any atom is -0.504 e. The Morgan fingerprint density at radius 1 is 1.47 bits per heavy atom. The van der Waals surface area contributed by atoms with Crippen molar-refractivity contribution in [1.82, 2.24) is 5.32 Å². The maximum atomic E-state index is 10.1. The van der Waals surface area contributed by atoms with Crippen LogP contribution in [-0.4, -0.2) is 24.8 Å². The molecule has 1 aromatic carbocycles. The first kappa shape index (κ1) is 12.2. The van der Waals surface area contributed by atoms with Gasteiger partial charge in [0.05, 0.1) is 6.61 Å². The molecule has 0 saturated carbocycles. The average Bonchev–Trinajstić information content (AvgIpc) is 2.36. The van der Waals surface area contributed by atoms with Crippen LogP contribution in [0.25, 0.3) is 0 Å². The summed E-state index contributed by atoms with van der Waals surface area (Å²) in [6, 6.07) is 5.77. The van der Waals surface area contributed by atoms with E-state index in [2.05, 4.69) is 5.32 Å². The highest BCUT2D eigenvalue weighted by molar-refractivity contribution is 5.45. The molecular formula is C14H21NO2. The molecule has 1 fully saturated rings. The largest absolute Gasteiger partial charge is 0.504 e. The van der Waals surface area contributed by atoms with E-state index in [0.29, 0.717) is 24.0 Å². The maximum absolute atomic E-state index is 10.1. The minimum absolute atomic E-state index is 0.319. The Kier molecular flexibility index (Phi) is 4.26. The van der Waals surface area contributed by atoms with Crippen molar-refractivity contribution in [2.24, 2.45) is 5.92 Å². The highest BCUT2D eigenvalue weighted by Gasteiger charge is 2.16. The van der Waals surface area contributed by atoms with Gasteiger partial charge in [-0.3, -0.25) is 0 Å². The second kappa shape index (κ2) is 5.92. The van der Waals surface area contributed by atoms with Gasteiger partial charge in [0.25, 0.3) is 0 Å². The van der Waals surface area contributed by atoms with Crippen molar-refractivity contribution < 1.29 is 9.84 Å². The molecule has 3 nitrogen and oxygen atoms in total. The van der Waals surface area contributed by atoms with Gasteiger partial charge in [-0.15, -0.1) is 0 Å². The summed E-state index contributed by atoms with van der Waals surface area (Å²) in [6.45, 7) is 4.69. The number of ether oxygens (including phenoxy) is 1. The van der Waals surface area contributed by atoms with Crippen LogP contribution < -0.4 is 10.1 Å². The van der Waals surface area contributed by atoms with E-state index >= 15 is 0 Å². The van der Waals surface area contributed by atoms with Gasteiger partial charge in [-0.05, 0) is 56.8 Å². The lowest BCUT2D eigenvalue weighted by Crippen LogP contribution is -2.30. The van der Waals surface area contributed by atoms with Crippen LogP contribution in [0.15, 0.2) is 18.2 Å². The molecule has 0 radical (unpaired) electrons. The van der Waals surface area contributed by atoms with Gasteiger partial charge in [0.1, 0.15) is 0 Å². The maximum Gasteiger partial charge on any atom is 0.161 e. The van der Waals surface area contributed by atoms with Crippen LogP contribution >= 0.6 is 0 Å². The normalized spacial score (nSPS) is 20.2. The Morgan fingerprint density at radius 2 is 2.35 bits per heavy atom. The van der Waals surface area contributed by atoms with Gasteiger partial charge in [-0.1, -0.05) is 12.1 Å². The molecule has 17 heavy (non-hydrogen) atoms. The van der Waals surface area contributed by atoms with Crippen LogP contribution in [0.5, 0.6) is 11.5 Å². The first-order chi connectivity index (χ1) is 8.31. The summed E-state index contributed by atoms with van der Waals surface area (Å²) in [6.07, 6.45) is 3.40. The molecule has 3 heteroatoms. The zero-order chi connectivity index (χ0) is 12.1. The van der Waals surface area contributed by atoms with Crippen LogP contribution in [0.3, 0.4) is 0 Å². The minimum atomic E-state index is 0.319. The zero-order valence-electron chi connectivity index (χ0n) is 10.4. The molecule has 94 valence electrons. The van der Waals surface area contributed by atoms with E-state index in [1.54, 1.807) is 0 Å². The van der Waals surface area contributed by atoms with Crippen molar-refractivity contribution in [1.29, 1.82) is 0 Å². The van der Waals surface area contributed by atoms with Gasteiger partial charge in [0, 0.05) is 0 Å². The highest BCUT2D eigenvalue weighted by atomic mass is 16.5. The molecule has 0 aromatic heterocycles. The summed E-state index contributed by atoms with van der Waals surface area (Å²) in [5.41, 5.74) is 1.00. The van der Waals surface area contributed by atoms with E-state index in [9.17, 15) is 5.11 Å². The van der Waals surface area contributed by atoms with Crippen molar-refractivity contribution in [3.8, 4) is 11.5 Å². The molecule has 0 bridgehead atoms. The lowest BCUT2D eigenvalue weighted by atomic mass is 9.92. The van der Waals surface area contributed by atoms with E-state index in [1.165, 1.54) is 12.8 Å². The smallest absolute Gasteiger partial charge is 0.161 e. The first-order valence-electron chi connectivity index (χ1n) is 6.45. The van der Waals surface area contributed by atoms with E-state index in [-0.39, 0.29) is 0 Å². The third-order valence-electron chi connectivity index (χ3n) is 3.29.